The minimum Gasteiger partial charge on any atom is -0.481 e. The number of ether oxygens (including phenoxy) is 1. The Hall–Kier alpha value is -3.07. The van der Waals surface area contributed by atoms with Crippen LogP contribution in [0.15, 0.2) is 29.6 Å². The van der Waals surface area contributed by atoms with Crippen molar-refractivity contribution in [3.63, 3.8) is 0 Å². The summed E-state index contributed by atoms with van der Waals surface area (Å²) in [6, 6.07) is 5.62. The van der Waals surface area contributed by atoms with E-state index in [4.69, 9.17) is 16.0 Å². The molecule has 0 aliphatic heterocycles. The highest BCUT2D eigenvalue weighted by atomic mass is 16.6. The summed E-state index contributed by atoms with van der Waals surface area (Å²) >= 11 is 0. The number of pyridine rings is 1. The van der Waals surface area contributed by atoms with Gasteiger partial charge in [-0.3, -0.25) is 9.78 Å². The van der Waals surface area contributed by atoms with Crippen LogP contribution in [0, 0.1) is 19.3 Å². The minimum atomic E-state index is -0.690. The van der Waals surface area contributed by atoms with Crippen molar-refractivity contribution in [3.05, 3.63) is 35.5 Å². The fraction of sp³-hybridized carbons (Fsp3) is 0.458. The lowest BCUT2D eigenvalue weighted by atomic mass is 10.1. The Balaban J connectivity index is 2.16. The summed E-state index contributed by atoms with van der Waals surface area (Å²) in [6.07, 6.45) is 8.59. The molecule has 0 saturated heterocycles. The number of carbonyl (C=O) groups is 1. The summed E-state index contributed by atoms with van der Waals surface area (Å²) in [5, 5.41) is 7.82. The molecule has 1 heterocycles. The summed E-state index contributed by atoms with van der Waals surface area (Å²) in [5.41, 5.74) is 1.42. The summed E-state index contributed by atoms with van der Waals surface area (Å²) in [4.78, 5) is 22.6. The van der Waals surface area contributed by atoms with Crippen molar-refractivity contribution in [3.8, 4) is 18.1 Å². The predicted molar refractivity (Wildman–Crippen MR) is 121 cm³/mol. The van der Waals surface area contributed by atoms with Gasteiger partial charge in [-0.25, -0.2) is 0 Å². The van der Waals surface area contributed by atoms with Crippen LogP contribution >= 0.6 is 0 Å². The molecule has 2 rings (SSSR count). The lowest BCUT2D eigenvalue weighted by Crippen LogP contribution is -2.50. The third-order valence-corrected chi connectivity index (χ3v) is 4.20. The summed E-state index contributed by atoms with van der Waals surface area (Å²) in [7, 11) is 0. The highest BCUT2D eigenvalue weighted by Gasteiger charge is 2.26. The maximum atomic E-state index is 12.8. The van der Waals surface area contributed by atoms with Gasteiger partial charge in [-0.2, -0.15) is 0 Å². The molecule has 0 saturated carbocycles. The Morgan fingerprint density at radius 3 is 2.60 bits per heavy atom. The van der Waals surface area contributed by atoms with E-state index in [0.717, 1.165) is 16.5 Å². The number of hydrogen-bond donors (Lipinski definition) is 1. The van der Waals surface area contributed by atoms with Gasteiger partial charge in [0.1, 0.15) is 11.4 Å². The van der Waals surface area contributed by atoms with Crippen LogP contribution in [-0.4, -0.2) is 34.3 Å². The molecule has 0 aliphatic carbocycles. The molecule has 6 heteroatoms. The zero-order valence-corrected chi connectivity index (χ0v) is 18.9. The second-order valence-electron chi connectivity index (χ2n) is 8.84. The molecule has 0 fully saturated rings. The predicted octanol–water partition coefficient (Wildman–Crippen LogP) is 4.38. The maximum Gasteiger partial charge on any atom is 0.261 e. The Labute approximate surface area is 179 Å². The smallest absolute Gasteiger partial charge is 0.261 e. The minimum absolute atomic E-state index is 0.224. The molecule has 0 spiro atoms. The quantitative estimate of drug-likeness (QED) is 0.418. The largest absolute Gasteiger partial charge is 0.481 e. The summed E-state index contributed by atoms with van der Waals surface area (Å²) < 4.78 is 6.03. The number of oxime groups is 1. The van der Waals surface area contributed by atoms with Gasteiger partial charge in [0.25, 0.3) is 5.91 Å². The van der Waals surface area contributed by atoms with E-state index >= 15 is 0 Å². The Morgan fingerprint density at radius 2 is 2.00 bits per heavy atom. The molecule has 1 aromatic carbocycles. The maximum absolute atomic E-state index is 12.8. The fourth-order valence-corrected chi connectivity index (χ4v) is 2.78. The first-order valence-corrected chi connectivity index (χ1v) is 10.0. The van der Waals surface area contributed by atoms with Gasteiger partial charge in [0.15, 0.2) is 6.10 Å². The zero-order chi connectivity index (χ0) is 22.5. The Morgan fingerprint density at radius 1 is 1.30 bits per heavy atom. The van der Waals surface area contributed by atoms with Gasteiger partial charge in [-0.1, -0.05) is 18.0 Å². The fourth-order valence-electron chi connectivity index (χ4n) is 2.78. The molecule has 1 aromatic heterocycles. The van der Waals surface area contributed by atoms with Crippen molar-refractivity contribution in [2.45, 2.75) is 72.1 Å². The Kier molecular flexibility index (Phi) is 7.09. The van der Waals surface area contributed by atoms with Crippen LogP contribution in [0.2, 0.25) is 0 Å². The average molecular weight is 410 g/mol. The molecular weight excluding hydrogens is 378 g/mol. The van der Waals surface area contributed by atoms with Gasteiger partial charge in [-0.05, 0) is 71.7 Å². The lowest BCUT2D eigenvalue weighted by molar-refractivity contribution is -0.129. The number of amides is 1. The normalized spacial score (nSPS) is 13.1. The number of terminal acetylenes is 1. The van der Waals surface area contributed by atoms with E-state index < -0.39 is 17.2 Å². The number of fused-ring (bicyclic) bond motifs is 1. The topological polar surface area (TPSA) is 72.8 Å². The van der Waals surface area contributed by atoms with Crippen LogP contribution in [0.4, 0.5) is 0 Å². The van der Waals surface area contributed by atoms with Crippen molar-refractivity contribution in [2.75, 3.05) is 0 Å². The van der Waals surface area contributed by atoms with Gasteiger partial charge in [0.2, 0.25) is 0 Å². The zero-order valence-electron chi connectivity index (χ0n) is 18.9. The summed E-state index contributed by atoms with van der Waals surface area (Å²) in [6.45, 7) is 13.3. The van der Waals surface area contributed by atoms with E-state index in [1.807, 2.05) is 66.7 Å². The number of hydrogen-bond acceptors (Lipinski definition) is 5. The van der Waals surface area contributed by atoms with E-state index in [-0.39, 0.29) is 5.91 Å². The van der Waals surface area contributed by atoms with Gasteiger partial charge >= 0.3 is 0 Å². The molecule has 0 aliphatic rings. The van der Waals surface area contributed by atoms with Crippen molar-refractivity contribution >= 4 is 23.0 Å². The molecule has 30 heavy (non-hydrogen) atoms. The van der Waals surface area contributed by atoms with Crippen molar-refractivity contribution in [1.29, 1.82) is 0 Å². The van der Waals surface area contributed by atoms with Crippen molar-refractivity contribution in [1.82, 2.24) is 10.3 Å². The second kappa shape index (κ2) is 9.17. The molecule has 1 unspecified atom stereocenters. The van der Waals surface area contributed by atoms with Crippen LogP contribution < -0.4 is 10.1 Å². The number of carbonyl (C=O) groups excluding carboxylic acids is 1. The molecule has 1 amide bonds. The number of aryl methyl sites for hydroxylation is 1. The molecule has 1 atom stereocenters. The molecule has 160 valence electrons. The van der Waals surface area contributed by atoms with Gasteiger partial charge in [0, 0.05) is 17.1 Å². The molecule has 0 bridgehead atoms. The second-order valence-corrected chi connectivity index (χ2v) is 8.84. The number of rotatable bonds is 7. The SMILES string of the molecule is C#Cc1cnc2c(C)cc(OC(CC)C(=O)NC(C)(C)/C=N/OC(C)(C)C)cc2c1. The van der Waals surface area contributed by atoms with Crippen LogP contribution in [0.1, 0.15) is 59.1 Å². The van der Waals surface area contributed by atoms with Crippen LogP contribution in [0.5, 0.6) is 5.75 Å². The number of nitrogens with zero attached hydrogens (tertiary/aromatic N) is 2. The van der Waals surface area contributed by atoms with Crippen LogP contribution in [0.25, 0.3) is 10.9 Å². The van der Waals surface area contributed by atoms with E-state index in [0.29, 0.717) is 17.7 Å². The lowest BCUT2D eigenvalue weighted by Gasteiger charge is -2.26. The third-order valence-electron chi connectivity index (χ3n) is 4.20. The first kappa shape index (κ1) is 23.2. The van der Waals surface area contributed by atoms with Gasteiger partial charge < -0.3 is 14.9 Å². The molecule has 2 aromatic rings. The molecule has 0 radical (unpaired) electrons. The highest BCUT2D eigenvalue weighted by molar-refractivity contribution is 5.87. The van der Waals surface area contributed by atoms with Gasteiger partial charge in [0.05, 0.1) is 17.3 Å². The number of aromatic nitrogens is 1. The van der Waals surface area contributed by atoms with E-state index in [1.54, 1.807) is 12.4 Å². The number of benzene rings is 1. The van der Waals surface area contributed by atoms with Crippen LogP contribution in [-0.2, 0) is 9.63 Å². The first-order chi connectivity index (χ1) is 13.9. The Bertz CT molecular complexity index is 982. The highest BCUT2D eigenvalue weighted by Crippen LogP contribution is 2.25. The van der Waals surface area contributed by atoms with E-state index in [1.165, 1.54) is 0 Å². The number of nitrogens with one attached hydrogen (secondary N) is 1. The van der Waals surface area contributed by atoms with Crippen LogP contribution in [0.3, 0.4) is 0 Å². The first-order valence-electron chi connectivity index (χ1n) is 10.0. The molecular formula is C24H31N3O3. The monoisotopic (exact) mass is 409 g/mol. The third kappa shape index (κ3) is 6.48. The average Bonchev–Trinajstić information content (AvgIpc) is 2.63. The molecule has 6 nitrogen and oxygen atoms in total. The van der Waals surface area contributed by atoms with Gasteiger partial charge in [-0.15, -0.1) is 6.42 Å². The van der Waals surface area contributed by atoms with Crippen molar-refractivity contribution in [2.24, 2.45) is 5.16 Å². The standard InChI is InChI=1S/C24H31N3O3/c1-9-17-12-18-13-19(11-16(3)21(18)25-14-17)29-20(10-2)22(28)27-24(7,8)15-26-30-23(4,5)6/h1,11-15,20H,10H2,2-8H3,(H,27,28)/b26-15+. The van der Waals surface area contributed by atoms with E-state index in [9.17, 15) is 4.79 Å². The van der Waals surface area contributed by atoms with E-state index in [2.05, 4.69) is 21.4 Å². The summed E-state index contributed by atoms with van der Waals surface area (Å²) in [5.74, 6) is 2.96. The van der Waals surface area contributed by atoms with Crippen molar-refractivity contribution < 1.29 is 14.4 Å². The molecule has 1 N–H and O–H groups in total.